The van der Waals surface area contributed by atoms with Gasteiger partial charge in [-0.05, 0) is 36.7 Å². The molecule has 0 fully saturated rings. The van der Waals surface area contributed by atoms with Crippen LogP contribution in [-0.2, 0) is 32.6 Å². The van der Waals surface area contributed by atoms with Crippen LogP contribution in [0.2, 0.25) is 0 Å². The van der Waals surface area contributed by atoms with Crippen molar-refractivity contribution < 1.29 is 35.6 Å². The van der Waals surface area contributed by atoms with Crippen molar-refractivity contribution in [2.75, 3.05) is 0 Å². The summed E-state index contributed by atoms with van der Waals surface area (Å²) in [6.45, 7) is 2.16. The van der Waals surface area contributed by atoms with Gasteiger partial charge in [-0.3, -0.25) is 6.08 Å². The molecule has 5 aromatic rings. The number of fused-ring (bicyclic) bond motifs is 2. The third-order valence-electron chi connectivity index (χ3n) is 5.76. The van der Waals surface area contributed by atoms with Crippen LogP contribution in [0.15, 0.2) is 115 Å². The molecule has 4 heteroatoms. The van der Waals surface area contributed by atoms with Gasteiger partial charge in [0.05, 0.1) is 5.52 Å². The summed E-state index contributed by atoms with van der Waals surface area (Å²) in [6, 6.07) is 34.3. The first-order chi connectivity index (χ1) is 15.3. The normalized spacial score (nSPS) is 11.6. The number of nitrogens with zero attached hydrogens (tertiary/aromatic N) is 1. The van der Waals surface area contributed by atoms with E-state index in [1.54, 1.807) is 0 Å². The average Bonchev–Trinajstić information content (AvgIpc) is 3.52. The number of hydrogen-bond donors (Lipinski definition) is 0. The monoisotopic (exact) mass is 527 g/mol. The van der Waals surface area contributed by atoms with E-state index in [1.165, 1.54) is 44.2 Å². The molecule has 168 valence electrons. The largest absolute Gasteiger partial charge is 4.00 e. The SMILES string of the molecule is Cc1cc2ccccc2n1-c1cc2ccccc2[cH-]1.[C-]1=C(Cc2ccccc2)C=CC1.[F-].[F-].[Zr+4]. The van der Waals surface area contributed by atoms with E-state index in [0.717, 1.165) is 12.8 Å². The van der Waals surface area contributed by atoms with E-state index in [0.29, 0.717) is 0 Å². The number of allylic oxidation sites excluding steroid dienone is 4. The van der Waals surface area contributed by atoms with Gasteiger partial charge in [-0.2, -0.15) is 6.08 Å². The standard InChI is InChI=1S/C18H14N.C12H11.2FH.Zr/c1-13-10-16-8-4-5-9-18(16)19(13)17-11-14-6-2-3-7-15(14)12-17;1-2-6-11(7-3-1)10-12-8-4-5-9-12;;;/h2-12H,1H3;1-4,6-8H,5,10H2;2*1H;/q2*-1;;;+4/p-2. The molecule has 0 amide bonds. The first-order valence-electron chi connectivity index (χ1n) is 10.8. The second kappa shape index (κ2) is 12.5. The number of rotatable bonds is 3. The molecule has 1 aliphatic carbocycles. The molecule has 0 atom stereocenters. The van der Waals surface area contributed by atoms with E-state index >= 15 is 0 Å². The Morgan fingerprint density at radius 2 is 1.50 bits per heavy atom. The van der Waals surface area contributed by atoms with Crippen molar-refractivity contribution in [2.45, 2.75) is 19.8 Å². The van der Waals surface area contributed by atoms with Gasteiger partial charge in [0.1, 0.15) is 0 Å². The molecule has 34 heavy (non-hydrogen) atoms. The summed E-state index contributed by atoms with van der Waals surface area (Å²) >= 11 is 0. The van der Waals surface area contributed by atoms with Crippen molar-refractivity contribution >= 4 is 21.7 Å². The fraction of sp³-hybridized carbons (Fsp3) is 0.100. The minimum absolute atomic E-state index is 0. The molecule has 4 aromatic carbocycles. The van der Waals surface area contributed by atoms with Gasteiger partial charge in [-0.15, -0.1) is 47.5 Å². The van der Waals surface area contributed by atoms with Crippen molar-refractivity contribution in [2.24, 2.45) is 0 Å². The number of para-hydroxylation sites is 1. The van der Waals surface area contributed by atoms with Crippen molar-refractivity contribution in [3.05, 3.63) is 132 Å². The van der Waals surface area contributed by atoms with Crippen LogP contribution in [-0.4, -0.2) is 4.57 Å². The molecular formula is C30H25F2NZr. The Bertz CT molecular complexity index is 1360. The zero-order chi connectivity index (χ0) is 21.0. The third kappa shape index (κ3) is 5.93. The van der Waals surface area contributed by atoms with E-state index in [2.05, 4.69) is 121 Å². The minimum Gasteiger partial charge on any atom is -1.00 e. The Morgan fingerprint density at radius 3 is 2.21 bits per heavy atom. The summed E-state index contributed by atoms with van der Waals surface area (Å²) in [5.41, 5.74) is 6.49. The topological polar surface area (TPSA) is 4.93 Å². The molecular weight excluding hydrogens is 504 g/mol. The molecule has 1 nitrogen and oxygen atoms in total. The van der Waals surface area contributed by atoms with Crippen LogP contribution in [0.1, 0.15) is 17.7 Å². The second-order valence-corrected chi connectivity index (χ2v) is 7.99. The number of benzene rings is 3. The molecule has 1 aliphatic rings. The van der Waals surface area contributed by atoms with E-state index in [-0.39, 0.29) is 35.6 Å². The van der Waals surface area contributed by atoms with Crippen molar-refractivity contribution in [1.82, 2.24) is 4.57 Å². The van der Waals surface area contributed by atoms with Crippen LogP contribution in [0.3, 0.4) is 0 Å². The van der Waals surface area contributed by atoms with Crippen LogP contribution in [0.4, 0.5) is 0 Å². The Kier molecular flexibility index (Phi) is 10.0. The van der Waals surface area contributed by atoms with Crippen molar-refractivity contribution in [3.63, 3.8) is 0 Å². The van der Waals surface area contributed by atoms with Crippen LogP contribution >= 0.6 is 0 Å². The minimum atomic E-state index is 0. The molecule has 1 heterocycles. The van der Waals surface area contributed by atoms with Gasteiger partial charge in [-0.25, -0.2) is 11.6 Å². The van der Waals surface area contributed by atoms with Gasteiger partial charge >= 0.3 is 26.2 Å². The Balaban J connectivity index is 0.000000240. The Hall–Kier alpha value is -2.97. The van der Waals surface area contributed by atoms with E-state index < -0.39 is 0 Å². The van der Waals surface area contributed by atoms with E-state index in [9.17, 15) is 0 Å². The number of halogens is 2. The molecule has 6 rings (SSSR count). The van der Waals surface area contributed by atoms with E-state index in [1.807, 2.05) is 6.07 Å². The molecule has 0 N–H and O–H groups in total. The number of aryl methyl sites for hydroxylation is 1. The molecule has 0 radical (unpaired) electrons. The molecule has 0 aliphatic heterocycles. The van der Waals surface area contributed by atoms with E-state index in [4.69, 9.17) is 0 Å². The van der Waals surface area contributed by atoms with Gasteiger partial charge in [0.15, 0.2) is 0 Å². The maximum atomic E-state index is 3.31. The quantitative estimate of drug-likeness (QED) is 0.315. The zero-order valence-corrected chi connectivity index (χ0v) is 21.5. The van der Waals surface area contributed by atoms with Gasteiger partial charge in [0.2, 0.25) is 0 Å². The van der Waals surface area contributed by atoms with Crippen molar-refractivity contribution in [3.8, 4) is 5.69 Å². The number of aromatic nitrogens is 1. The first kappa shape index (κ1) is 27.3. The molecule has 0 saturated heterocycles. The van der Waals surface area contributed by atoms with Crippen LogP contribution in [0.25, 0.3) is 27.4 Å². The fourth-order valence-electron chi connectivity index (χ4n) is 4.29. The number of hydrogen-bond acceptors (Lipinski definition) is 0. The van der Waals surface area contributed by atoms with Gasteiger partial charge < -0.3 is 14.0 Å². The van der Waals surface area contributed by atoms with Gasteiger partial charge in [0, 0.05) is 11.1 Å². The van der Waals surface area contributed by atoms with Gasteiger partial charge in [0.25, 0.3) is 0 Å². The average molecular weight is 529 g/mol. The second-order valence-electron chi connectivity index (χ2n) is 7.99. The zero-order valence-electron chi connectivity index (χ0n) is 19.0. The predicted octanol–water partition coefficient (Wildman–Crippen LogP) is 1.74. The predicted molar refractivity (Wildman–Crippen MR) is 132 cm³/mol. The summed E-state index contributed by atoms with van der Waals surface area (Å²) < 4.78 is 2.33. The molecule has 1 aromatic heterocycles. The molecule has 0 spiro atoms. The Labute approximate surface area is 218 Å². The molecule has 0 bridgehead atoms. The molecule has 0 unspecified atom stereocenters. The first-order valence-corrected chi connectivity index (χ1v) is 10.8. The summed E-state index contributed by atoms with van der Waals surface area (Å²) in [6.07, 6.45) is 9.63. The molecule has 0 saturated carbocycles. The smallest absolute Gasteiger partial charge is 1.00 e. The van der Waals surface area contributed by atoms with Crippen LogP contribution in [0, 0.1) is 13.0 Å². The summed E-state index contributed by atoms with van der Waals surface area (Å²) in [5, 5.41) is 3.90. The fourth-order valence-corrected chi connectivity index (χ4v) is 4.29. The third-order valence-corrected chi connectivity index (χ3v) is 5.76. The Morgan fingerprint density at radius 1 is 0.824 bits per heavy atom. The van der Waals surface area contributed by atoms with Crippen LogP contribution < -0.4 is 9.41 Å². The van der Waals surface area contributed by atoms with Crippen LogP contribution in [0.5, 0.6) is 0 Å². The summed E-state index contributed by atoms with van der Waals surface area (Å²) in [7, 11) is 0. The van der Waals surface area contributed by atoms with Crippen molar-refractivity contribution in [1.29, 1.82) is 0 Å². The maximum absolute atomic E-state index is 3.31. The maximum Gasteiger partial charge on any atom is 4.00 e. The summed E-state index contributed by atoms with van der Waals surface area (Å²) in [4.78, 5) is 0. The summed E-state index contributed by atoms with van der Waals surface area (Å²) in [5.74, 6) is 0. The van der Waals surface area contributed by atoms with Gasteiger partial charge in [-0.1, -0.05) is 54.6 Å².